The number of rotatable bonds is 6. The maximum Gasteiger partial charge on any atom is 0.0302 e. The van der Waals surface area contributed by atoms with Crippen molar-refractivity contribution in [1.29, 1.82) is 0 Å². The van der Waals surface area contributed by atoms with Crippen molar-refractivity contribution in [3.8, 4) is 0 Å². The molecule has 1 unspecified atom stereocenters. The molecule has 1 aromatic rings. The number of nitrogens with zero attached hydrogens (tertiary/aromatic N) is 1. The molecule has 1 fully saturated rings. The molecule has 1 atom stereocenters. The van der Waals surface area contributed by atoms with Crippen molar-refractivity contribution in [2.24, 2.45) is 5.92 Å². The van der Waals surface area contributed by atoms with Crippen LogP contribution in [0.3, 0.4) is 0 Å². The van der Waals surface area contributed by atoms with Gasteiger partial charge in [0, 0.05) is 22.3 Å². The molecule has 0 saturated carbocycles. The number of aryl methyl sites for hydroxylation is 1. The van der Waals surface area contributed by atoms with E-state index in [9.17, 15) is 0 Å². The number of likely N-dealkylation sites (tertiary alicyclic amines) is 1. The lowest BCUT2D eigenvalue weighted by molar-refractivity contribution is 0.162. The molecule has 1 aromatic heterocycles. The minimum atomic E-state index is 0.645. The van der Waals surface area contributed by atoms with Gasteiger partial charge in [0.1, 0.15) is 0 Å². The lowest BCUT2D eigenvalue weighted by Crippen LogP contribution is -2.41. The number of hydrogen-bond donors (Lipinski definition) is 1. The van der Waals surface area contributed by atoms with Crippen LogP contribution in [0.2, 0.25) is 0 Å². The SMILES string of the molecule is CCCN1CCC(C(C)NCc2ccc(C)s2)CC1. The predicted octanol–water partition coefficient (Wildman–Crippen LogP) is 3.66. The van der Waals surface area contributed by atoms with E-state index in [0.29, 0.717) is 6.04 Å². The monoisotopic (exact) mass is 280 g/mol. The van der Waals surface area contributed by atoms with Gasteiger partial charge in [0.2, 0.25) is 0 Å². The van der Waals surface area contributed by atoms with Crippen LogP contribution < -0.4 is 5.32 Å². The highest BCUT2D eigenvalue weighted by atomic mass is 32.1. The van der Waals surface area contributed by atoms with E-state index in [0.717, 1.165) is 12.5 Å². The molecule has 1 N–H and O–H groups in total. The smallest absolute Gasteiger partial charge is 0.0302 e. The van der Waals surface area contributed by atoms with E-state index >= 15 is 0 Å². The Morgan fingerprint density at radius 2 is 2.11 bits per heavy atom. The summed E-state index contributed by atoms with van der Waals surface area (Å²) in [4.78, 5) is 5.50. The molecular formula is C16H28N2S. The lowest BCUT2D eigenvalue weighted by Gasteiger charge is -2.35. The fraction of sp³-hybridized carbons (Fsp3) is 0.750. The van der Waals surface area contributed by atoms with E-state index in [2.05, 4.69) is 43.1 Å². The Bertz CT molecular complexity index is 367. The van der Waals surface area contributed by atoms with Crippen LogP contribution in [-0.2, 0) is 6.54 Å². The molecule has 1 aliphatic rings. The fourth-order valence-electron chi connectivity index (χ4n) is 3.00. The average Bonchev–Trinajstić information content (AvgIpc) is 2.83. The van der Waals surface area contributed by atoms with Crippen LogP contribution in [0.1, 0.15) is 42.9 Å². The summed E-state index contributed by atoms with van der Waals surface area (Å²) in [5, 5.41) is 3.72. The summed E-state index contributed by atoms with van der Waals surface area (Å²) in [6.07, 6.45) is 4.01. The Balaban J connectivity index is 1.70. The molecule has 0 amide bonds. The van der Waals surface area contributed by atoms with Gasteiger partial charge in [-0.15, -0.1) is 11.3 Å². The molecule has 0 bridgehead atoms. The van der Waals surface area contributed by atoms with Gasteiger partial charge >= 0.3 is 0 Å². The van der Waals surface area contributed by atoms with Gasteiger partial charge in [-0.1, -0.05) is 6.92 Å². The zero-order valence-corrected chi connectivity index (χ0v) is 13.4. The van der Waals surface area contributed by atoms with Crippen molar-refractivity contribution in [2.45, 2.75) is 52.6 Å². The first kappa shape index (κ1) is 15.0. The second-order valence-corrected chi connectivity index (χ2v) is 7.23. The molecule has 2 heterocycles. The normalized spacial score (nSPS) is 19.7. The summed E-state index contributed by atoms with van der Waals surface area (Å²) in [7, 11) is 0. The molecule has 0 aromatic carbocycles. The van der Waals surface area contributed by atoms with E-state index < -0.39 is 0 Å². The second kappa shape index (κ2) is 7.41. The number of piperidine rings is 1. The van der Waals surface area contributed by atoms with Gasteiger partial charge in [-0.05, 0) is 70.8 Å². The van der Waals surface area contributed by atoms with Crippen LogP contribution in [-0.4, -0.2) is 30.6 Å². The minimum Gasteiger partial charge on any atom is -0.309 e. The Labute approximate surface area is 122 Å². The molecule has 0 spiro atoms. The van der Waals surface area contributed by atoms with Crippen LogP contribution in [0.4, 0.5) is 0 Å². The highest BCUT2D eigenvalue weighted by molar-refractivity contribution is 7.11. The zero-order valence-electron chi connectivity index (χ0n) is 12.6. The number of nitrogens with one attached hydrogen (secondary N) is 1. The molecule has 2 nitrogen and oxygen atoms in total. The summed E-state index contributed by atoms with van der Waals surface area (Å²) in [6, 6.07) is 5.12. The average molecular weight is 280 g/mol. The van der Waals surface area contributed by atoms with Crippen molar-refractivity contribution in [2.75, 3.05) is 19.6 Å². The molecule has 19 heavy (non-hydrogen) atoms. The topological polar surface area (TPSA) is 15.3 Å². The zero-order chi connectivity index (χ0) is 13.7. The van der Waals surface area contributed by atoms with Crippen molar-refractivity contribution in [1.82, 2.24) is 10.2 Å². The van der Waals surface area contributed by atoms with Crippen LogP contribution in [0.5, 0.6) is 0 Å². The predicted molar refractivity (Wildman–Crippen MR) is 84.8 cm³/mol. The Hall–Kier alpha value is -0.380. The second-order valence-electron chi connectivity index (χ2n) is 5.86. The molecule has 3 heteroatoms. The van der Waals surface area contributed by atoms with E-state index in [4.69, 9.17) is 0 Å². The number of thiophene rings is 1. The first-order chi connectivity index (χ1) is 9.19. The van der Waals surface area contributed by atoms with E-state index in [1.807, 2.05) is 11.3 Å². The van der Waals surface area contributed by atoms with Crippen molar-refractivity contribution in [3.05, 3.63) is 21.9 Å². The van der Waals surface area contributed by atoms with Gasteiger partial charge in [-0.25, -0.2) is 0 Å². The molecular weight excluding hydrogens is 252 g/mol. The van der Waals surface area contributed by atoms with E-state index in [1.54, 1.807) is 0 Å². The quantitative estimate of drug-likeness (QED) is 0.855. The number of hydrogen-bond acceptors (Lipinski definition) is 3. The third kappa shape index (κ3) is 4.59. The van der Waals surface area contributed by atoms with Gasteiger partial charge in [0.25, 0.3) is 0 Å². The third-order valence-corrected chi connectivity index (χ3v) is 5.27. The lowest BCUT2D eigenvalue weighted by atomic mass is 9.90. The summed E-state index contributed by atoms with van der Waals surface area (Å²) in [6.45, 7) is 11.7. The maximum atomic E-state index is 3.72. The Morgan fingerprint density at radius 3 is 2.68 bits per heavy atom. The van der Waals surface area contributed by atoms with E-state index in [1.165, 1.54) is 48.7 Å². The van der Waals surface area contributed by atoms with Crippen LogP contribution in [0, 0.1) is 12.8 Å². The minimum absolute atomic E-state index is 0.645. The summed E-state index contributed by atoms with van der Waals surface area (Å²) in [5.41, 5.74) is 0. The van der Waals surface area contributed by atoms with Crippen LogP contribution in [0.25, 0.3) is 0 Å². The first-order valence-electron chi connectivity index (χ1n) is 7.70. The van der Waals surface area contributed by atoms with Gasteiger partial charge in [0.15, 0.2) is 0 Å². The molecule has 0 radical (unpaired) electrons. The standard InChI is InChI=1S/C16H28N2S/c1-4-9-18-10-7-15(8-11-18)14(3)17-12-16-6-5-13(2)19-16/h5-6,14-15,17H,4,7-12H2,1-3H3. The molecule has 0 aliphatic carbocycles. The van der Waals surface area contributed by atoms with Gasteiger partial charge < -0.3 is 10.2 Å². The highest BCUT2D eigenvalue weighted by Crippen LogP contribution is 2.21. The van der Waals surface area contributed by atoms with E-state index in [-0.39, 0.29) is 0 Å². The Kier molecular flexibility index (Phi) is 5.86. The summed E-state index contributed by atoms with van der Waals surface area (Å²) in [5.74, 6) is 0.856. The van der Waals surface area contributed by atoms with Crippen molar-refractivity contribution in [3.63, 3.8) is 0 Å². The van der Waals surface area contributed by atoms with Gasteiger partial charge in [-0.3, -0.25) is 0 Å². The first-order valence-corrected chi connectivity index (χ1v) is 8.51. The molecule has 108 valence electrons. The van der Waals surface area contributed by atoms with Gasteiger partial charge in [0.05, 0.1) is 0 Å². The third-order valence-electron chi connectivity index (χ3n) is 4.27. The highest BCUT2D eigenvalue weighted by Gasteiger charge is 2.23. The van der Waals surface area contributed by atoms with Crippen molar-refractivity contribution >= 4 is 11.3 Å². The molecule has 1 saturated heterocycles. The van der Waals surface area contributed by atoms with Crippen molar-refractivity contribution < 1.29 is 0 Å². The van der Waals surface area contributed by atoms with Crippen LogP contribution >= 0.6 is 11.3 Å². The molecule has 2 rings (SSSR count). The summed E-state index contributed by atoms with van der Waals surface area (Å²) >= 11 is 1.91. The van der Waals surface area contributed by atoms with Crippen LogP contribution in [0.15, 0.2) is 12.1 Å². The largest absolute Gasteiger partial charge is 0.309 e. The summed E-state index contributed by atoms with van der Waals surface area (Å²) < 4.78 is 0. The fourth-order valence-corrected chi connectivity index (χ4v) is 3.84. The Morgan fingerprint density at radius 1 is 1.37 bits per heavy atom. The van der Waals surface area contributed by atoms with Gasteiger partial charge in [-0.2, -0.15) is 0 Å². The maximum absolute atomic E-state index is 3.72. The molecule has 1 aliphatic heterocycles.